The summed E-state index contributed by atoms with van der Waals surface area (Å²) in [6, 6.07) is 0.895. The Morgan fingerprint density at radius 2 is 2.15 bits per heavy atom. The molecule has 0 bridgehead atoms. The molecule has 0 saturated heterocycles. The van der Waals surface area contributed by atoms with E-state index in [1.165, 1.54) is 18.5 Å². The number of pyridine rings is 1. The fourth-order valence-electron chi connectivity index (χ4n) is 2.61. The van der Waals surface area contributed by atoms with Gasteiger partial charge >= 0.3 is 5.97 Å². The number of nitrogens with zero attached hydrogens (tertiary/aromatic N) is 1. The topological polar surface area (TPSA) is 99.5 Å². The van der Waals surface area contributed by atoms with Crippen LogP contribution in [-0.2, 0) is 4.79 Å². The highest BCUT2D eigenvalue weighted by molar-refractivity contribution is 5.94. The minimum atomic E-state index is -0.946. The summed E-state index contributed by atoms with van der Waals surface area (Å²) in [4.78, 5) is 27.3. The van der Waals surface area contributed by atoms with Crippen LogP contribution in [0.25, 0.3) is 0 Å². The number of hydrogen-bond acceptors (Lipinski definition) is 4. The highest BCUT2D eigenvalue weighted by atomic mass is 16.4. The Bertz CT molecular complexity index is 532. The van der Waals surface area contributed by atoms with Crippen LogP contribution in [-0.4, -0.2) is 33.1 Å². The zero-order chi connectivity index (χ0) is 14.8. The van der Waals surface area contributed by atoms with Gasteiger partial charge in [0.05, 0.1) is 17.2 Å². The lowest BCUT2D eigenvalue weighted by Crippen LogP contribution is -2.52. The molecule has 0 aromatic carbocycles. The summed E-state index contributed by atoms with van der Waals surface area (Å²) >= 11 is 0. The number of carboxylic acid groups (broad SMARTS) is 1. The van der Waals surface area contributed by atoms with E-state index in [2.05, 4.69) is 10.3 Å². The third-order valence-corrected chi connectivity index (χ3v) is 3.99. The molecule has 1 amide bonds. The van der Waals surface area contributed by atoms with Crippen molar-refractivity contribution in [2.24, 2.45) is 5.41 Å². The maximum Gasteiger partial charge on any atom is 0.311 e. The largest absolute Gasteiger partial charge is 0.506 e. The third-order valence-electron chi connectivity index (χ3n) is 3.99. The van der Waals surface area contributed by atoms with E-state index in [1.54, 1.807) is 6.92 Å². The summed E-state index contributed by atoms with van der Waals surface area (Å²) in [7, 11) is 0. The first-order valence-electron chi connectivity index (χ1n) is 6.62. The summed E-state index contributed by atoms with van der Waals surface area (Å²) in [6.45, 7) is 1.67. The van der Waals surface area contributed by atoms with Crippen molar-refractivity contribution in [2.75, 3.05) is 0 Å². The molecule has 0 aliphatic heterocycles. The highest BCUT2D eigenvalue weighted by Crippen LogP contribution is 2.36. The molecule has 2 unspecified atom stereocenters. The summed E-state index contributed by atoms with van der Waals surface area (Å²) in [5.41, 5.74) is -0.721. The second-order valence-corrected chi connectivity index (χ2v) is 5.43. The van der Waals surface area contributed by atoms with Crippen molar-refractivity contribution in [1.82, 2.24) is 10.3 Å². The lowest BCUT2D eigenvalue weighted by Gasteiger charge is -2.38. The summed E-state index contributed by atoms with van der Waals surface area (Å²) in [5.74, 6) is -1.40. The number of amides is 1. The Morgan fingerprint density at radius 3 is 2.80 bits per heavy atom. The average Bonchev–Trinajstić information content (AvgIpc) is 2.41. The molecule has 3 N–H and O–H groups in total. The van der Waals surface area contributed by atoms with E-state index in [4.69, 9.17) is 0 Å². The minimum Gasteiger partial charge on any atom is -0.506 e. The second kappa shape index (κ2) is 5.48. The van der Waals surface area contributed by atoms with E-state index in [0.717, 1.165) is 12.8 Å². The number of carbonyl (C=O) groups excluding carboxylic acids is 1. The first-order valence-corrected chi connectivity index (χ1v) is 6.62. The Hall–Kier alpha value is -2.11. The van der Waals surface area contributed by atoms with Crippen molar-refractivity contribution >= 4 is 11.9 Å². The molecule has 1 aliphatic carbocycles. The van der Waals surface area contributed by atoms with Crippen LogP contribution in [0.3, 0.4) is 0 Å². The van der Waals surface area contributed by atoms with Crippen LogP contribution in [0.1, 0.15) is 43.0 Å². The van der Waals surface area contributed by atoms with Gasteiger partial charge in [0, 0.05) is 12.2 Å². The van der Waals surface area contributed by atoms with Gasteiger partial charge in [-0.25, -0.2) is 0 Å². The number of aromatic nitrogens is 1. The van der Waals surface area contributed by atoms with Crippen LogP contribution in [0.4, 0.5) is 0 Å². The summed E-state index contributed by atoms with van der Waals surface area (Å²) < 4.78 is 0. The number of nitrogens with one attached hydrogen (secondary N) is 1. The van der Waals surface area contributed by atoms with Gasteiger partial charge in [-0.05, 0) is 25.8 Å². The maximum atomic E-state index is 12.1. The van der Waals surface area contributed by atoms with Gasteiger partial charge in [0.2, 0.25) is 0 Å². The predicted octanol–water partition coefficient (Wildman–Crippen LogP) is 1.55. The Morgan fingerprint density at radius 1 is 1.40 bits per heavy atom. The minimum absolute atomic E-state index is 0.0951. The van der Waals surface area contributed by atoms with E-state index >= 15 is 0 Å². The van der Waals surface area contributed by atoms with Gasteiger partial charge in [-0.3, -0.25) is 14.6 Å². The number of rotatable bonds is 3. The summed E-state index contributed by atoms with van der Waals surface area (Å²) in [6.07, 6.45) is 5.51. The normalized spacial score (nSPS) is 25.9. The van der Waals surface area contributed by atoms with Crippen LogP contribution < -0.4 is 5.32 Å². The van der Waals surface area contributed by atoms with Crippen LogP contribution in [0, 0.1) is 5.41 Å². The number of carboxylic acids is 1. The zero-order valence-corrected chi connectivity index (χ0v) is 11.3. The molecule has 20 heavy (non-hydrogen) atoms. The molecule has 2 rings (SSSR count). The van der Waals surface area contributed by atoms with E-state index < -0.39 is 23.3 Å². The van der Waals surface area contributed by atoms with Gasteiger partial charge in [0.15, 0.2) is 0 Å². The average molecular weight is 278 g/mol. The van der Waals surface area contributed by atoms with Crippen molar-refractivity contribution < 1.29 is 19.8 Å². The SMILES string of the molecule is CC1(C(=O)O)CCCCC1NC(=O)c1cncc(O)c1. The molecule has 0 radical (unpaired) electrons. The summed E-state index contributed by atoms with van der Waals surface area (Å²) in [5, 5.41) is 21.5. The maximum absolute atomic E-state index is 12.1. The van der Waals surface area contributed by atoms with Crippen molar-refractivity contribution in [3.8, 4) is 5.75 Å². The monoisotopic (exact) mass is 278 g/mol. The first-order chi connectivity index (χ1) is 9.43. The van der Waals surface area contributed by atoms with Gasteiger partial charge < -0.3 is 15.5 Å². The molecular weight excluding hydrogens is 260 g/mol. The standard InChI is InChI=1S/C14H18N2O4/c1-14(13(19)20)5-3-2-4-11(14)16-12(18)9-6-10(17)8-15-7-9/h6-8,11,17H,2-5H2,1H3,(H,16,18)(H,19,20). The van der Waals surface area contributed by atoms with Gasteiger partial charge in [0.25, 0.3) is 5.91 Å². The first kappa shape index (κ1) is 14.3. The van der Waals surface area contributed by atoms with Crippen LogP contribution in [0.5, 0.6) is 5.75 Å². The molecule has 6 nitrogen and oxygen atoms in total. The predicted molar refractivity (Wildman–Crippen MR) is 71.4 cm³/mol. The molecule has 1 aromatic rings. The van der Waals surface area contributed by atoms with Crippen LogP contribution in [0.15, 0.2) is 18.5 Å². The van der Waals surface area contributed by atoms with Gasteiger partial charge in [-0.2, -0.15) is 0 Å². The van der Waals surface area contributed by atoms with E-state index in [1.807, 2.05) is 0 Å². The molecule has 108 valence electrons. The fourth-order valence-corrected chi connectivity index (χ4v) is 2.61. The highest BCUT2D eigenvalue weighted by Gasteiger charge is 2.43. The van der Waals surface area contributed by atoms with E-state index in [0.29, 0.717) is 12.8 Å². The number of aliphatic carboxylic acids is 1. The van der Waals surface area contributed by atoms with Crippen molar-refractivity contribution in [2.45, 2.75) is 38.6 Å². The zero-order valence-electron chi connectivity index (χ0n) is 11.3. The fraction of sp³-hybridized carbons (Fsp3) is 0.500. The molecule has 1 fully saturated rings. The molecule has 6 heteroatoms. The quantitative estimate of drug-likeness (QED) is 0.779. The second-order valence-electron chi connectivity index (χ2n) is 5.43. The molecular formula is C14H18N2O4. The molecule has 1 heterocycles. The lowest BCUT2D eigenvalue weighted by atomic mass is 9.71. The van der Waals surface area contributed by atoms with Crippen LogP contribution >= 0.6 is 0 Å². The van der Waals surface area contributed by atoms with Gasteiger partial charge in [-0.1, -0.05) is 12.8 Å². The number of aromatic hydroxyl groups is 1. The van der Waals surface area contributed by atoms with Gasteiger partial charge in [-0.15, -0.1) is 0 Å². The Balaban J connectivity index is 2.15. The van der Waals surface area contributed by atoms with Crippen molar-refractivity contribution in [1.29, 1.82) is 0 Å². The Kier molecular flexibility index (Phi) is 3.92. The van der Waals surface area contributed by atoms with E-state index in [-0.39, 0.29) is 11.3 Å². The molecule has 1 aromatic heterocycles. The van der Waals surface area contributed by atoms with Crippen molar-refractivity contribution in [3.05, 3.63) is 24.0 Å². The lowest BCUT2D eigenvalue weighted by molar-refractivity contribution is -0.151. The smallest absolute Gasteiger partial charge is 0.311 e. The number of carbonyl (C=O) groups is 2. The third kappa shape index (κ3) is 2.74. The molecule has 1 saturated carbocycles. The van der Waals surface area contributed by atoms with Crippen molar-refractivity contribution in [3.63, 3.8) is 0 Å². The molecule has 1 aliphatic rings. The van der Waals surface area contributed by atoms with E-state index in [9.17, 15) is 19.8 Å². The van der Waals surface area contributed by atoms with Crippen LogP contribution in [0.2, 0.25) is 0 Å². The van der Waals surface area contributed by atoms with Gasteiger partial charge in [0.1, 0.15) is 5.75 Å². The molecule has 2 atom stereocenters. The Labute approximate surface area is 116 Å². The molecule has 0 spiro atoms. The number of hydrogen-bond donors (Lipinski definition) is 3.